The Morgan fingerprint density at radius 3 is 2.83 bits per heavy atom. The van der Waals surface area contributed by atoms with E-state index in [4.69, 9.17) is 0 Å². The molecule has 0 radical (unpaired) electrons. The smallest absolute Gasteiger partial charge is 0.263 e. The number of aromatic nitrogens is 4. The molecule has 0 aliphatic carbocycles. The van der Waals surface area contributed by atoms with E-state index in [0.29, 0.717) is 28.4 Å². The molecule has 1 N–H and O–H groups in total. The number of rotatable bonds is 6. The number of nitrogens with one attached hydrogen (secondary N) is 1. The van der Waals surface area contributed by atoms with Gasteiger partial charge in [0.1, 0.15) is 0 Å². The Balaban J connectivity index is 1.66. The number of para-hydroxylation sites is 1. The Kier molecular flexibility index (Phi) is 5.74. The summed E-state index contributed by atoms with van der Waals surface area (Å²) in [4.78, 5) is 25.3. The molecule has 0 aliphatic rings. The highest BCUT2D eigenvalue weighted by Gasteiger charge is 2.17. The molecular weight excluding hydrogens is 466 g/mol. The van der Waals surface area contributed by atoms with Crippen LogP contribution in [0.25, 0.3) is 16.7 Å². The number of nitrogens with zero attached hydrogens (tertiary/aromatic N) is 4. The molecule has 0 fully saturated rings. The number of fused-ring (bicyclic) bond motifs is 3. The van der Waals surface area contributed by atoms with Crippen molar-refractivity contribution in [1.29, 1.82) is 0 Å². The van der Waals surface area contributed by atoms with Gasteiger partial charge in [-0.25, -0.2) is 0 Å². The quantitative estimate of drug-likeness (QED) is 0.330. The van der Waals surface area contributed by atoms with Crippen LogP contribution < -0.4 is 10.9 Å². The summed E-state index contributed by atoms with van der Waals surface area (Å²) in [6.45, 7) is 5.98. The van der Waals surface area contributed by atoms with Crippen LogP contribution in [0.3, 0.4) is 0 Å². The van der Waals surface area contributed by atoms with Crippen molar-refractivity contribution < 1.29 is 4.79 Å². The molecule has 2 aromatic heterocycles. The number of amides is 1. The summed E-state index contributed by atoms with van der Waals surface area (Å²) in [5.74, 6) is 0.432. The number of carbonyl (C=O) groups excluding carboxylic acids is 1. The van der Waals surface area contributed by atoms with Crippen molar-refractivity contribution in [3.8, 4) is 0 Å². The molecule has 4 rings (SSSR count). The first-order chi connectivity index (χ1) is 14.5. The van der Waals surface area contributed by atoms with Crippen molar-refractivity contribution in [2.24, 2.45) is 0 Å². The number of thioether (sulfide) groups is 1. The Morgan fingerprint density at radius 2 is 2.07 bits per heavy atom. The van der Waals surface area contributed by atoms with E-state index in [9.17, 15) is 9.59 Å². The minimum absolute atomic E-state index is 0.147. The van der Waals surface area contributed by atoms with E-state index in [1.54, 1.807) is 12.1 Å². The van der Waals surface area contributed by atoms with Crippen LogP contribution in [0, 0.1) is 6.92 Å². The lowest BCUT2D eigenvalue weighted by Gasteiger charge is -2.10. The summed E-state index contributed by atoms with van der Waals surface area (Å²) >= 11 is 4.69. The third-order valence-electron chi connectivity index (χ3n) is 4.58. The maximum atomic E-state index is 12.8. The van der Waals surface area contributed by atoms with E-state index < -0.39 is 0 Å². The minimum Gasteiger partial charge on any atom is -0.325 e. The fraction of sp³-hybridized carbons (Fsp3) is 0.143. The molecule has 0 spiro atoms. The van der Waals surface area contributed by atoms with E-state index in [2.05, 4.69) is 38.0 Å². The fourth-order valence-electron chi connectivity index (χ4n) is 3.20. The van der Waals surface area contributed by atoms with Gasteiger partial charge in [0.05, 0.1) is 16.7 Å². The molecule has 0 atom stereocenters. The van der Waals surface area contributed by atoms with Gasteiger partial charge < -0.3 is 5.32 Å². The minimum atomic E-state index is -0.148. The monoisotopic (exact) mass is 483 g/mol. The van der Waals surface area contributed by atoms with Crippen molar-refractivity contribution in [3.63, 3.8) is 0 Å². The van der Waals surface area contributed by atoms with Crippen LogP contribution in [0.1, 0.15) is 5.56 Å². The van der Waals surface area contributed by atoms with E-state index in [0.717, 1.165) is 15.7 Å². The van der Waals surface area contributed by atoms with Gasteiger partial charge in [0.25, 0.3) is 5.56 Å². The average Bonchev–Trinajstić information content (AvgIpc) is 3.16. The van der Waals surface area contributed by atoms with Crippen LogP contribution in [0.4, 0.5) is 5.69 Å². The summed E-state index contributed by atoms with van der Waals surface area (Å²) in [5.41, 5.74) is 2.29. The summed E-state index contributed by atoms with van der Waals surface area (Å²) in [6, 6.07) is 13.0. The van der Waals surface area contributed by atoms with Gasteiger partial charge in [0, 0.05) is 16.7 Å². The zero-order valence-electron chi connectivity index (χ0n) is 16.1. The fourth-order valence-corrected chi connectivity index (χ4v) is 4.42. The van der Waals surface area contributed by atoms with Crippen molar-refractivity contribution in [3.05, 3.63) is 75.5 Å². The van der Waals surface area contributed by atoms with Crippen molar-refractivity contribution >= 4 is 56.0 Å². The molecule has 30 heavy (non-hydrogen) atoms. The average molecular weight is 484 g/mol. The van der Waals surface area contributed by atoms with Crippen LogP contribution in [0.2, 0.25) is 0 Å². The summed E-state index contributed by atoms with van der Waals surface area (Å²) in [5, 5.41) is 12.5. The topological polar surface area (TPSA) is 81.3 Å². The number of aryl methyl sites for hydroxylation is 1. The van der Waals surface area contributed by atoms with Crippen LogP contribution >= 0.6 is 27.7 Å². The zero-order valence-corrected chi connectivity index (χ0v) is 18.5. The molecule has 0 unspecified atom stereocenters. The molecule has 4 aromatic rings. The highest BCUT2D eigenvalue weighted by molar-refractivity contribution is 9.10. The Labute approximate surface area is 184 Å². The lowest BCUT2D eigenvalue weighted by atomic mass is 10.2. The summed E-state index contributed by atoms with van der Waals surface area (Å²) in [7, 11) is 0. The van der Waals surface area contributed by atoms with Gasteiger partial charge in [-0.15, -0.1) is 16.8 Å². The highest BCUT2D eigenvalue weighted by Crippen LogP contribution is 2.23. The number of hydrogen-bond donors (Lipinski definition) is 1. The number of benzene rings is 2. The van der Waals surface area contributed by atoms with Crippen LogP contribution in [0.15, 0.2) is 69.5 Å². The van der Waals surface area contributed by atoms with E-state index in [-0.39, 0.29) is 17.2 Å². The number of hydrogen-bond acceptors (Lipinski definition) is 5. The first kappa shape index (κ1) is 20.4. The second-order valence-electron chi connectivity index (χ2n) is 6.64. The van der Waals surface area contributed by atoms with Crippen LogP contribution in [-0.4, -0.2) is 30.8 Å². The lowest BCUT2D eigenvalue weighted by Crippen LogP contribution is -2.22. The first-order valence-corrected chi connectivity index (χ1v) is 10.9. The van der Waals surface area contributed by atoms with Crippen molar-refractivity contribution in [2.75, 3.05) is 11.1 Å². The van der Waals surface area contributed by atoms with Gasteiger partial charge in [-0.1, -0.05) is 45.9 Å². The molecule has 0 saturated carbocycles. The molecule has 0 bridgehead atoms. The summed E-state index contributed by atoms with van der Waals surface area (Å²) < 4.78 is 4.29. The molecule has 2 heterocycles. The normalized spacial score (nSPS) is 11.1. The SMILES string of the molecule is C=CCn1c(=O)c2ccccc2n2c(SCC(=O)Nc3ccc(Br)cc3C)nnc12. The third kappa shape index (κ3) is 3.78. The van der Waals surface area contributed by atoms with Gasteiger partial charge >= 0.3 is 0 Å². The molecule has 7 nitrogen and oxygen atoms in total. The molecule has 1 amide bonds. The number of allylic oxidation sites excluding steroid dienone is 1. The molecule has 0 saturated heterocycles. The van der Waals surface area contributed by atoms with Crippen molar-refractivity contribution in [1.82, 2.24) is 19.2 Å². The second-order valence-corrected chi connectivity index (χ2v) is 8.49. The first-order valence-electron chi connectivity index (χ1n) is 9.16. The predicted molar refractivity (Wildman–Crippen MR) is 123 cm³/mol. The van der Waals surface area contributed by atoms with Crippen LogP contribution in [0.5, 0.6) is 0 Å². The standard InChI is InChI=1S/C21H18BrN5O2S/c1-3-10-26-19(29)15-6-4-5-7-17(15)27-20(26)24-25-21(27)30-12-18(28)23-16-9-8-14(22)11-13(16)2/h3-9,11H,1,10,12H2,2H3,(H,23,28). The molecular formula is C21H18BrN5O2S. The second kappa shape index (κ2) is 8.45. The van der Waals surface area contributed by atoms with Crippen LogP contribution in [-0.2, 0) is 11.3 Å². The third-order valence-corrected chi connectivity index (χ3v) is 6.01. The summed E-state index contributed by atoms with van der Waals surface area (Å²) in [6.07, 6.45) is 1.64. The van der Waals surface area contributed by atoms with E-state index in [1.165, 1.54) is 16.3 Å². The van der Waals surface area contributed by atoms with Gasteiger partial charge in [0.15, 0.2) is 5.16 Å². The molecule has 152 valence electrons. The molecule has 2 aromatic carbocycles. The maximum Gasteiger partial charge on any atom is 0.263 e. The van der Waals surface area contributed by atoms with E-state index >= 15 is 0 Å². The maximum absolute atomic E-state index is 12.8. The van der Waals surface area contributed by atoms with Gasteiger partial charge in [-0.05, 0) is 42.8 Å². The van der Waals surface area contributed by atoms with Gasteiger partial charge in [-0.3, -0.25) is 18.6 Å². The number of carbonyl (C=O) groups is 1. The van der Waals surface area contributed by atoms with E-state index in [1.807, 2.05) is 47.7 Å². The zero-order chi connectivity index (χ0) is 21.3. The molecule has 9 heteroatoms. The van der Waals surface area contributed by atoms with Gasteiger partial charge in [-0.2, -0.15) is 0 Å². The predicted octanol–water partition coefficient (Wildman–Crippen LogP) is 4.03. The Bertz CT molecular complexity index is 1340. The molecule has 0 aliphatic heterocycles. The number of anilines is 1. The Hall–Kier alpha value is -2.91. The van der Waals surface area contributed by atoms with Gasteiger partial charge in [0.2, 0.25) is 11.7 Å². The lowest BCUT2D eigenvalue weighted by molar-refractivity contribution is -0.113. The number of halogens is 1. The highest BCUT2D eigenvalue weighted by atomic mass is 79.9. The van der Waals surface area contributed by atoms with Crippen molar-refractivity contribution in [2.45, 2.75) is 18.6 Å². The largest absolute Gasteiger partial charge is 0.325 e. The Morgan fingerprint density at radius 1 is 1.27 bits per heavy atom.